The van der Waals surface area contributed by atoms with Crippen LogP contribution in [0.5, 0.6) is 0 Å². The van der Waals surface area contributed by atoms with Crippen molar-refractivity contribution >= 4 is 11.8 Å². The smallest absolute Gasteiger partial charge is 0.0403 e. The zero-order valence-corrected chi connectivity index (χ0v) is 8.39. The van der Waals surface area contributed by atoms with Crippen molar-refractivity contribution in [1.29, 1.82) is 0 Å². The molecule has 2 rings (SSSR count). The van der Waals surface area contributed by atoms with Crippen molar-refractivity contribution in [3.63, 3.8) is 0 Å². The topological polar surface area (TPSA) is 24.9 Å². The van der Waals surface area contributed by atoms with Gasteiger partial charge in [0.1, 0.15) is 0 Å². The monoisotopic (exact) mass is 194 g/mol. The molecule has 1 aliphatic rings. The summed E-state index contributed by atoms with van der Waals surface area (Å²) in [5.41, 5.74) is 0. The minimum Gasteiger partial charge on any atom is -0.313 e. The molecule has 0 saturated carbocycles. The van der Waals surface area contributed by atoms with Crippen LogP contribution in [0.15, 0.2) is 29.4 Å². The van der Waals surface area contributed by atoms with Crippen molar-refractivity contribution in [1.82, 2.24) is 10.3 Å². The lowest BCUT2D eigenvalue weighted by Gasteiger charge is -2.08. The van der Waals surface area contributed by atoms with Crippen LogP contribution in [0, 0.1) is 0 Å². The van der Waals surface area contributed by atoms with Crippen molar-refractivity contribution in [2.24, 2.45) is 0 Å². The Kier molecular flexibility index (Phi) is 3.22. The Hall–Kier alpha value is -0.540. The summed E-state index contributed by atoms with van der Waals surface area (Å²) in [5.74, 6) is 1.17. The van der Waals surface area contributed by atoms with E-state index in [1.807, 2.05) is 30.2 Å². The molecule has 0 spiro atoms. The average Bonchev–Trinajstić information content (AvgIpc) is 2.69. The third-order valence-corrected chi connectivity index (χ3v) is 3.39. The van der Waals surface area contributed by atoms with Crippen molar-refractivity contribution < 1.29 is 0 Å². The predicted octanol–water partition coefficient (Wildman–Crippen LogP) is 1.93. The number of aromatic nitrogens is 1. The van der Waals surface area contributed by atoms with E-state index in [9.17, 15) is 0 Å². The predicted molar refractivity (Wildman–Crippen MR) is 56.0 cm³/mol. The second kappa shape index (κ2) is 4.63. The number of nitrogens with zero attached hydrogens (tertiary/aromatic N) is 1. The first-order chi connectivity index (χ1) is 6.45. The summed E-state index contributed by atoms with van der Waals surface area (Å²) in [4.78, 5) is 5.36. The van der Waals surface area contributed by atoms with Gasteiger partial charge in [-0.2, -0.15) is 0 Å². The average molecular weight is 194 g/mol. The minimum absolute atomic E-state index is 0.713. The van der Waals surface area contributed by atoms with Crippen molar-refractivity contribution in [3.05, 3.63) is 24.5 Å². The SMILES string of the molecule is c1cncc(SCC2CCCN2)c1. The molecule has 0 radical (unpaired) electrons. The number of nitrogens with one attached hydrogen (secondary N) is 1. The number of rotatable bonds is 3. The molecule has 0 amide bonds. The summed E-state index contributed by atoms with van der Waals surface area (Å²) in [7, 11) is 0. The van der Waals surface area contributed by atoms with Crippen LogP contribution in [0.4, 0.5) is 0 Å². The van der Waals surface area contributed by atoms with Gasteiger partial charge in [0.2, 0.25) is 0 Å². The van der Waals surface area contributed by atoms with Gasteiger partial charge in [-0.15, -0.1) is 11.8 Å². The van der Waals surface area contributed by atoms with E-state index < -0.39 is 0 Å². The molecule has 0 aliphatic carbocycles. The van der Waals surface area contributed by atoms with E-state index in [4.69, 9.17) is 0 Å². The molecule has 2 nitrogen and oxygen atoms in total. The summed E-state index contributed by atoms with van der Waals surface area (Å²) in [6, 6.07) is 4.82. The van der Waals surface area contributed by atoms with Gasteiger partial charge in [0.05, 0.1) is 0 Å². The zero-order chi connectivity index (χ0) is 8.93. The number of hydrogen-bond acceptors (Lipinski definition) is 3. The number of pyridine rings is 1. The summed E-state index contributed by atoms with van der Waals surface area (Å²) >= 11 is 1.89. The highest BCUT2D eigenvalue weighted by atomic mass is 32.2. The molecule has 1 atom stereocenters. The molecule has 13 heavy (non-hydrogen) atoms. The zero-order valence-electron chi connectivity index (χ0n) is 7.57. The highest BCUT2D eigenvalue weighted by Gasteiger charge is 2.13. The lowest BCUT2D eigenvalue weighted by Crippen LogP contribution is -2.23. The molecule has 1 fully saturated rings. The van der Waals surface area contributed by atoms with E-state index in [-0.39, 0.29) is 0 Å². The van der Waals surface area contributed by atoms with Crippen LogP contribution in [0.1, 0.15) is 12.8 Å². The molecule has 0 bridgehead atoms. The fourth-order valence-corrected chi connectivity index (χ4v) is 2.52. The summed E-state index contributed by atoms with van der Waals surface area (Å²) in [6.45, 7) is 1.19. The first-order valence-corrected chi connectivity index (χ1v) is 5.70. The van der Waals surface area contributed by atoms with Gasteiger partial charge in [0, 0.05) is 29.1 Å². The minimum atomic E-state index is 0.713. The molecule has 1 aromatic heterocycles. The molecule has 2 heterocycles. The van der Waals surface area contributed by atoms with Crippen molar-refractivity contribution in [2.75, 3.05) is 12.3 Å². The molecule has 70 valence electrons. The van der Waals surface area contributed by atoms with E-state index >= 15 is 0 Å². The number of thioether (sulfide) groups is 1. The van der Waals surface area contributed by atoms with Gasteiger partial charge in [-0.1, -0.05) is 0 Å². The maximum atomic E-state index is 4.09. The Balaban J connectivity index is 1.79. The third-order valence-electron chi connectivity index (χ3n) is 2.25. The van der Waals surface area contributed by atoms with Gasteiger partial charge in [-0.05, 0) is 31.5 Å². The van der Waals surface area contributed by atoms with Crippen LogP contribution in [-0.4, -0.2) is 23.3 Å². The highest BCUT2D eigenvalue weighted by Crippen LogP contribution is 2.19. The van der Waals surface area contributed by atoms with Gasteiger partial charge in [-0.25, -0.2) is 0 Å². The Labute approximate surface area is 83.1 Å². The molecular weight excluding hydrogens is 180 g/mol. The van der Waals surface area contributed by atoms with Crippen LogP contribution < -0.4 is 5.32 Å². The van der Waals surface area contributed by atoms with Gasteiger partial charge in [0.25, 0.3) is 0 Å². The van der Waals surface area contributed by atoms with Crippen LogP contribution >= 0.6 is 11.8 Å². The van der Waals surface area contributed by atoms with E-state index in [1.165, 1.54) is 30.0 Å². The largest absolute Gasteiger partial charge is 0.313 e. The molecule has 1 saturated heterocycles. The van der Waals surface area contributed by atoms with Gasteiger partial charge in [-0.3, -0.25) is 4.98 Å². The summed E-state index contributed by atoms with van der Waals surface area (Å²) in [6.07, 6.45) is 6.41. The maximum Gasteiger partial charge on any atom is 0.0403 e. The Morgan fingerprint density at radius 1 is 1.62 bits per heavy atom. The normalized spacial score (nSPS) is 22.0. The molecule has 1 aliphatic heterocycles. The van der Waals surface area contributed by atoms with Gasteiger partial charge < -0.3 is 5.32 Å². The Morgan fingerprint density at radius 2 is 2.62 bits per heavy atom. The Morgan fingerprint density at radius 3 is 3.31 bits per heavy atom. The number of hydrogen-bond donors (Lipinski definition) is 1. The standard InChI is InChI=1S/C10H14N2S/c1-3-9(12-6-1)8-13-10-4-2-5-11-7-10/h2,4-5,7,9,12H,1,3,6,8H2. The fourth-order valence-electron chi connectivity index (χ4n) is 1.53. The van der Waals surface area contributed by atoms with E-state index in [0.717, 1.165) is 0 Å². The molecule has 0 aromatic carbocycles. The van der Waals surface area contributed by atoms with Crippen LogP contribution in [0.2, 0.25) is 0 Å². The van der Waals surface area contributed by atoms with Crippen LogP contribution in [0.3, 0.4) is 0 Å². The molecule has 1 N–H and O–H groups in total. The second-order valence-electron chi connectivity index (χ2n) is 3.29. The molecule has 3 heteroatoms. The molecule has 1 unspecified atom stereocenters. The Bertz CT molecular complexity index is 244. The molecular formula is C10H14N2S. The van der Waals surface area contributed by atoms with E-state index in [0.29, 0.717) is 6.04 Å². The molecule has 1 aromatic rings. The third kappa shape index (κ3) is 2.71. The van der Waals surface area contributed by atoms with Crippen LogP contribution in [-0.2, 0) is 0 Å². The summed E-state index contributed by atoms with van der Waals surface area (Å²) in [5, 5.41) is 3.49. The van der Waals surface area contributed by atoms with E-state index in [1.54, 1.807) is 0 Å². The maximum absolute atomic E-state index is 4.09. The first-order valence-electron chi connectivity index (χ1n) is 4.71. The van der Waals surface area contributed by atoms with E-state index in [2.05, 4.69) is 16.4 Å². The first kappa shape index (κ1) is 9.03. The van der Waals surface area contributed by atoms with Gasteiger partial charge >= 0.3 is 0 Å². The summed E-state index contributed by atoms with van der Waals surface area (Å²) < 4.78 is 0. The second-order valence-corrected chi connectivity index (χ2v) is 4.39. The quantitative estimate of drug-likeness (QED) is 0.744. The van der Waals surface area contributed by atoms with Gasteiger partial charge in [0.15, 0.2) is 0 Å². The van der Waals surface area contributed by atoms with Crippen molar-refractivity contribution in [3.8, 4) is 0 Å². The fraction of sp³-hybridized carbons (Fsp3) is 0.500. The lowest BCUT2D eigenvalue weighted by molar-refractivity contribution is 0.674. The lowest BCUT2D eigenvalue weighted by atomic mass is 10.3. The van der Waals surface area contributed by atoms with Crippen molar-refractivity contribution in [2.45, 2.75) is 23.8 Å². The highest BCUT2D eigenvalue weighted by molar-refractivity contribution is 7.99. The van der Waals surface area contributed by atoms with Crippen LogP contribution in [0.25, 0.3) is 0 Å².